The summed E-state index contributed by atoms with van der Waals surface area (Å²) >= 11 is 0. The molecule has 0 aliphatic carbocycles. The van der Waals surface area contributed by atoms with Crippen LogP contribution in [0, 0.1) is 0 Å². The van der Waals surface area contributed by atoms with E-state index in [1.165, 1.54) is 0 Å². The lowest BCUT2D eigenvalue weighted by Gasteiger charge is -2.11. The summed E-state index contributed by atoms with van der Waals surface area (Å²) in [6, 6.07) is 23.7. The molecule has 0 bridgehead atoms. The van der Waals surface area contributed by atoms with Gasteiger partial charge in [0.05, 0.1) is 22.7 Å². The third kappa shape index (κ3) is 4.97. The predicted molar refractivity (Wildman–Crippen MR) is 141 cm³/mol. The molecule has 6 heteroatoms. The fourth-order valence-corrected chi connectivity index (χ4v) is 3.48. The van der Waals surface area contributed by atoms with Gasteiger partial charge in [0.15, 0.2) is 0 Å². The Balaban J connectivity index is 1.64. The molecule has 34 heavy (non-hydrogen) atoms. The number of pyridine rings is 2. The minimum absolute atomic E-state index is 0.821. The highest BCUT2D eigenvalue weighted by atomic mass is 14.9. The maximum Gasteiger partial charge on any atom is 0.0864 e. The summed E-state index contributed by atoms with van der Waals surface area (Å²) in [6.07, 6.45) is 14.7. The van der Waals surface area contributed by atoms with Crippen LogP contribution in [0.25, 0.3) is 11.1 Å². The first kappa shape index (κ1) is 21.0. The summed E-state index contributed by atoms with van der Waals surface area (Å²) in [5.41, 5.74) is 7.26. The van der Waals surface area contributed by atoms with E-state index in [4.69, 9.17) is 9.98 Å². The highest BCUT2D eigenvalue weighted by Gasteiger charge is 2.06. The van der Waals surface area contributed by atoms with Gasteiger partial charge >= 0.3 is 0 Å². The number of aromatic nitrogens is 2. The molecule has 0 atom stereocenters. The smallest absolute Gasteiger partial charge is 0.0864 e. The quantitative estimate of drug-likeness (QED) is 0.371. The van der Waals surface area contributed by atoms with Gasteiger partial charge in [-0.15, -0.1) is 0 Å². The van der Waals surface area contributed by atoms with Crippen molar-refractivity contribution in [2.45, 2.75) is 0 Å². The number of nitrogens with one attached hydrogen (secondary N) is 2. The van der Waals surface area contributed by atoms with Gasteiger partial charge in [-0.05, 0) is 59.7 Å². The van der Waals surface area contributed by atoms with E-state index in [9.17, 15) is 0 Å². The number of hydrogen-bond acceptors (Lipinski definition) is 6. The Morgan fingerprint density at radius 1 is 0.471 bits per heavy atom. The van der Waals surface area contributed by atoms with Crippen molar-refractivity contribution in [3.8, 4) is 0 Å². The van der Waals surface area contributed by atoms with Gasteiger partial charge in [-0.2, -0.15) is 0 Å². The number of rotatable bonds is 2. The number of benzene rings is 2. The van der Waals surface area contributed by atoms with Crippen molar-refractivity contribution >= 4 is 46.3 Å². The van der Waals surface area contributed by atoms with Gasteiger partial charge in [0.1, 0.15) is 0 Å². The monoisotopic (exact) mass is 442 g/mol. The van der Waals surface area contributed by atoms with Gasteiger partial charge in [0.25, 0.3) is 0 Å². The van der Waals surface area contributed by atoms with E-state index in [1.807, 2.05) is 97.6 Å². The van der Waals surface area contributed by atoms with Crippen LogP contribution in [0.2, 0.25) is 0 Å². The predicted octanol–water partition coefficient (Wildman–Crippen LogP) is 6.50. The van der Waals surface area contributed by atoms with Crippen LogP contribution < -0.4 is 10.6 Å². The topological polar surface area (TPSA) is 74.6 Å². The second kappa shape index (κ2) is 10.2. The lowest BCUT2D eigenvalue weighted by atomic mass is 10.1. The number of hydrogen-bond donors (Lipinski definition) is 2. The number of fused-ring (bicyclic) bond motifs is 2. The summed E-state index contributed by atoms with van der Waals surface area (Å²) in [4.78, 5) is 17.9. The molecule has 0 spiro atoms. The highest BCUT2D eigenvalue weighted by Crippen LogP contribution is 2.28. The molecule has 0 saturated heterocycles. The van der Waals surface area contributed by atoms with Gasteiger partial charge < -0.3 is 10.6 Å². The van der Waals surface area contributed by atoms with Crippen molar-refractivity contribution in [3.05, 3.63) is 121 Å². The lowest BCUT2D eigenvalue weighted by Crippen LogP contribution is -1.97. The fourth-order valence-electron chi connectivity index (χ4n) is 3.48. The summed E-state index contributed by atoms with van der Waals surface area (Å²) in [6.45, 7) is 0. The molecule has 4 aromatic rings. The molecular formula is C28H22N6. The molecule has 0 radical (unpaired) electrons. The van der Waals surface area contributed by atoms with Crippen molar-refractivity contribution in [1.82, 2.24) is 9.97 Å². The molecular weight excluding hydrogens is 420 g/mol. The Bertz CT molecular complexity index is 1280. The minimum Gasteiger partial charge on any atom is -0.359 e. The Kier molecular flexibility index (Phi) is 6.30. The first-order chi connectivity index (χ1) is 16.9. The normalized spacial score (nSPS) is 16.4. The summed E-state index contributed by atoms with van der Waals surface area (Å²) in [5.74, 6) is 0. The lowest BCUT2D eigenvalue weighted by molar-refractivity contribution is 1.32. The first-order valence-corrected chi connectivity index (χ1v) is 10.9. The van der Waals surface area contributed by atoms with Gasteiger partial charge in [0, 0.05) is 60.8 Å². The van der Waals surface area contributed by atoms with Gasteiger partial charge in [-0.1, -0.05) is 24.3 Å². The van der Waals surface area contributed by atoms with E-state index in [0.717, 1.165) is 45.0 Å². The average molecular weight is 443 g/mol. The Hall–Kier alpha value is -4.84. The number of para-hydroxylation sites is 4. The zero-order valence-electron chi connectivity index (χ0n) is 18.3. The standard InChI is InChI=1S/C28H22N6/c1-2-6-26-25(5-1)31-17-23(21-9-13-29-14-10-21)19-33-27-7-3-4-8-28(27)34-20-24(18-32-26)22-11-15-30-16-12-22/h1-20,31,34H/b23-17+,24-20+,32-18?,33-19?. The number of anilines is 2. The number of allylic oxidation sites excluding steroid dienone is 2. The SMILES string of the molecule is C1=Nc2ccccc2N/C=C(/c2ccncc2)C=Nc2ccccc2N/C=C\1c1ccncc1. The molecule has 0 fully saturated rings. The highest BCUT2D eigenvalue weighted by molar-refractivity contribution is 6.12. The van der Waals surface area contributed by atoms with E-state index in [0.29, 0.717) is 0 Å². The second-order valence-electron chi connectivity index (χ2n) is 7.51. The zero-order valence-corrected chi connectivity index (χ0v) is 18.3. The summed E-state index contributed by atoms with van der Waals surface area (Å²) in [7, 11) is 0. The number of aliphatic imine (C=N–C) groups is 2. The third-order valence-electron chi connectivity index (χ3n) is 5.29. The Morgan fingerprint density at radius 3 is 1.32 bits per heavy atom. The molecule has 0 saturated carbocycles. The maximum atomic E-state index is 4.80. The van der Waals surface area contributed by atoms with Crippen LogP contribution in [0.1, 0.15) is 11.1 Å². The van der Waals surface area contributed by atoms with Crippen molar-refractivity contribution < 1.29 is 0 Å². The van der Waals surface area contributed by atoms with Crippen molar-refractivity contribution in [2.24, 2.45) is 9.98 Å². The molecule has 5 rings (SSSR count). The van der Waals surface area contributed by atoms with E-state index in [2.05, 4.69) is 20.6 Å². The molecule has 164 valence electrons. The Labute approximate surface area is 198 Å². The van der Waals surface area contributed by atoms with Crippen LogP contribution in [0.3, 0.4) is 0 Å². The molecule has 0 amide bonds. The van der Waals surface area contributed by atoms with E-state index in [1.54, 1.807) is 24.8 Å². The zero-order chi connectivity index (χ0) is 23.0. The molecule has 2 aromatic heterocycles. The molecule has 2 N–H and O–H groups in total. The third-order valence-corrected chi connectivity index (χ3v) is 5.29. The van der Waals surface area contributed by atoms with Crippen LogP contribution in [-0.4, -0.2) is 22.4 Å². The average Bonchev–Trinajstić information content (AvgIpc) is 2.90. The van der Waals surface area contributed by atoms with Crippen LogP contribution >= 0.6 is 0 Å². The van der Waals surface area contributed by atoms with Crippen molar-refractivity contribution in [1.29, 1.82) is 0 Å². The maximum absolute atomic E-state index is 4.80. The molecule has 3 heterocycles. The second-order valence-corrected chi connectivity index (χ2v) is 7.51. The van der Waals surface area contributed by atoms with Crippen molar-refractivity contribution in [2.75, 3.05) is 10.6 Å². The van der Waals surface area contributed by atoms with Crippen LogP contribution in [0.5, 0.6) is 0 Å². The molecule has 1 aliphatic heterocycles. The van der Waals surface area contributed by atoms with Crippen LogP contribution in [0.15, 0.2) is 120 Å². The van der Waals surface area contributed by atoms with Gasteiger partial charge in [-0.3, -0.25) is 20.0 Å². The van der Waals surface area contributed by atoms with Gasteiger partial charge in [-0.25, -0.2) is 0 Å². The van der Waals surface area contributed by atoms with Crippen molar-refractivity contribution in [3.63, 3.8) is 0 Å². The summed E-state index contributed by atoms with van der Waals surface area (Å²) in [5, 5.41) is 6.82. The first-order valence-electron chi connectivity index (χ1n) is 10.9. The number of nitrogens with zero attached hydrogens (tertiary/aromatic N) is 4. The van der Waals surface area contributed by atoms with E-state index in [-0.39, 0.29) is 0 Å². The minimum atomic E-state index is 0.821. The largest absolute Gasteiger partial charge is 0.359 e. The van der Waals surface area contributed by atoms with Crippen LogP contribution in [-0.2, 0) is 0 Å². The van der Waals surface area contributed by atoms with E-state index >= 15 is 0 Å². The molecule has 2 aromatic carbocycles. The van der Waals surface area contributed by atoms with Gasteiger partial charge in [0.2, 0.25) is 0 Å². The van der Waals surface area contributed by atoms with Crippen LogP contribution in [0.4, 0.5) is 22.7 Å². The van der Waals surface area contributed by atoms with E-state index < -0.39 is 0 Å². The molecule has 1 aliphatic rings. The molecule has 6 nitrogen and oxygen atoms in total. The fraction of sp³-hybridized carbons (Fsp3) is 0. The molecule has 0 unspecified atom stereocenters. The summed E-state index contributed by atoms with van der Waals surface area (Å²) < 4.78 is 0. The Morgan fingerprint density at radius 2 is 0.882 bits per heavy atom.